The molecule has 1 amide bonds. The molecule has 8 heteroatoms. The minimum atomic E-state index is -3.58. The Morgan fingerprint density at radius 1 is 1.10 bits per heavy atom. The van der Waals surface area contributed by atoms with Crippen molar-refractivity contribution in [2.45, 2.75) is 37.9 Å². The largest absolute Gasteiger partial charge is 0.368 e. The standard InChI is InChI=1S/C23H31N3O4S/c1-4-26(5-2)31(28,29)21-13-9-12-20(14-21)24-23(27)17-25-15-18(3)30-22(16-25)19-10-7-6-8-11-19/h6-14,18,22H,4-5,15-17H2,1-3H3,(H,24,27). The second-order valence-corrected chi connectivity index (χ2v) is 9.64. The predicted molar refractivity (Wildman–Crippen MR) is 121 cm³/mol. The van der Waals surface area contributed by atoms with Crippen LogP contribution in [0, 0.1) is 0 Å². The Labute approximate surface area is 185 Å². The number of benzene rings is 2. The van der Waals surface area contributed by atoms with E-state index in [2.05, 4.69) is 10.2 Å². The van der Waals surface area contributed by atoms with Gasteiger partial charge in [-0.2, -0.15) is 4.31 Å². The van der Waals surface area contributed by atoms with Gasteiger partial charge in [-0.25, -0.2) is 8.42 Å². The number of ether oxygens (including phenoxy) is 1. The van der Waals surface area contributed by atoms with Crippen LogP contribution in [0.25, 0.3) is 0 Å². The number of carbonyl (C=O) groups is 1. The maximum Gasteiger partial charge on any atom is 0.243 e. The number of rotatable bonds is 8. The highest BCUT2D eigenvalue weighted by molar-refractivity contribution is 7.89. The summed E-state index contributed by atoms with van der Waals surface area (Å²) < 4.78 is 32.9. The number of sulfonamides is 1. The Hall–Kier alpha value is -2.26. The van der Waals surface area contributed by atoms with Gasteiger partial charge in [-0.1, -0.05) is 50.2 Å². The molecule has 0 bridgehead atoms. The van der Waals surface area contributed by atoms with E-state index in [1.54, 1.807) is 32.0 Å². The van der Waals surface area contributed by atoms with Crippen LogP contribution in [0.15, 0.2) is 59.5 Å². The van der Waals surface area contributed by atoms with Crippen molar-refractivity contribution in [3.05, 3.63) is 60.2 Å². The fourth-order valence-corrected chi connectivity index (χ4v) is 5.37. The first-order chi connectivity index (χ1) is 14.8. The minimum Gasteiger partial charge on any atom is -0.368 e. The monoisotopic (exact) mass is 445 g/mol. The summed E-state index contributed by atoms with van der Waals surface area (Å²) in [5.74, 6) is -0.182. The second kappa shape index (κ2) is 10.4. The number of amides is 1. The fourth-order valence-electron chi connectivity index (χ4n) is 3.87. The van der Waals surface area contributed by atoms with Crippen molar-refractivity contribution in [1.29, 1.82) is 0 Å². The molecular formula is C23H31N3O4S. The van der Waals surface area contributed by atoms with E-state index in [0.717, 1.165) is 5.56 Å². The van der Waals surface area contributed by atoms with Crippen molar-refractivity contribution < 1.29 is 17.9 Å². The topological polar surface area (TPSA) is 79.0 Å². The van der Waals surface area contributed by atoms with Crippen LogP contribution >= 0.6 is 0 Å². The minimum absolute atomic E-state index is 0.00861. The quantitative estimate of drug-likeness (QED) is 0.675. The van der Waals surface area contributed by atoms with Gasteiger partial charge < -0.3 is 10.1 Å². The molecule has 31 heavy (non-hydrogen) atoms. The van der Waals surface area contributed by atoms with E-state index in [1.165, 1.54) is 10.4 Å². The molecule has 1 aliphatic rings. The first-order valence-corrected chi connectivity index (χ1v) is 12.1. The average molecular weight is 446 g/mol. The molecule has 0 aliphatic carbocycles. The van der Waals surface area contributed by atoms with Crippen LogP contribution in [-0.4, -0.2) is 62.4 Å². The molecule has 0 saturated carbocycles. The highest BCUT2D eigenvalue weighted by Crippen LogP contribution is 2.25. The van der Waals surface area contributed by atoms with Crippen LogP contribution in [0.1, 0.15) is 32.4 Å². The lowest BCUT2D eigenvalue weighted by Gasteiger charge is -2.36. The molecule has 1 aliphatic heterocycles. The smallest absolute Gasteiger partial charge is 0.243 e. The Morgan fingerprint density at radius 3 is 2.48 bits per heavy atom. The normalized spacial score (nSPS) is 20.0. The number of nitrogens with zero attached hydrogens (tertiary/aromatic N) is 2. The summed E-state index contributed by atoms with van der Waals surface area (Å²) in [6.07, 6.45) is -0.0745. The van der Waals surface area contributed by atoms with Crippen LogP contribution in [0.4, 0.5) is 5.69 Å². The molecule has 0 spiro atoms. The van der Waals surface area contributed by atoms with Gasteiger partial charge in [0.1, 0.15) is 0 Å². The summed E-state index contributed by atoms with van der Waals surface area (Å²) in [5, 5.41) is 2.84. The van der Waals surface area contributed by atoms with Crippen molar-refractivity contribution in [3.8, 4) is 0 Å². The van der Waals surface area contributed by atoms with Crippen LogP contribution < -0.4 is 5.32 Å². The molecule has 0 aromatic heterocycles. The van der Waals surface area contributed by atoms with Crippen LogP contribution in [0.5, 0.6) is 0 Å². The first kappa shape index (κ1) is 23.4. The summed E-state index contributed by atoms with van der Waals surface area (Å²) in [5.41, 5.74) is 1.56. The Morgan fingerprint density at radius 2 is 1.81 bits per heavy atom. The SMILES string of the molecule is CCN(CC)S(=O)(=O)c1cccc(NC(=O)CN2CC(C)OC(c3ccccc3)C2)c1. The maximum atomic E-state index is 12.7. The highest BCUT2D eigenvalue weighted by atomic mass is 32.2. The molecule has 1 fully saturated rings. The summed E-state index contributed by atoms with van der Waals surface area (Å²) in [6, 6.07) is 16.4. The van der Waals surface area contributed by atoms with Gasteiger partial charge in [-0.15, -0.1) is 0 Å². The van der Waals surface area contributed by atoms with Crippen molar-refractivity contribution >= 4 is 21.6 Å². The van der Waals surface area contributed by atoms with Crippen molar-refractivity contribution in [3.63, 3.8) is 0 Å². The summed E-state index contributed by atoms with van der Waals surface area (Å²) in [6.45, 7) is 7.90. The molecule has 7 nitrogen and oxygen atoms in total. The van der Waals surface area contributed by atoms with E-state index in [1.807, 2.05) is 37.3 Å². The summed E-state index contributed by atoms with van der Waals surface area (Å²) in [4.78, 5) is 14.9. The number of hydrogen-bond donors (Lipinski definition) is 1. The van der Waals surface area contributed by atoms with Gasteiger partial charge >= 0.3 is 0 Å². The van der Waals surface area contributed by atoms with Gasteiger partial charge in [0.2, 0.25) is 15.9 Å². The number of anilines is 1. The molecule has 168 valence electrons. The van der Waals surface area contributed by atoms with Crippen LogP contribution in [0.3, 0.4) is 0 Å². The Kier molecular flexibility index (Phi) is 7.83. The Balaban J connectivity index is 1.65. The van der Waals surface area contributed by atoms with Gasteiger partial charge in [-0.05, 0) is 30.7 Å². The fraction of sp³-hybridized carbons (Fsp3) is 0.435. The van der Waals surface area contributed by atoms with E-state index < -0.39 is 10.0 Å². The zero-order valence-electron chi connectivity index (χ0n) is 18.3. The number of nitrogens with one attached hydrogen (secondary N) is 1. The van der Waals surface area contributed by atoms with Gasteiger partial charge in [0.25, 0.3) is 0 Å². The lowest BCUT2D eigenvalue weighted by atomic mass is 10.1. The molecule has 2 aromatic rings. The van der Waals surface area contributed by atoms with E-state index in [9.17, 15) is 13.2 Å². The maximum absolute atomic E-state index is 12.7. The van der Waals surface area contributed by atoms with Crippen LogP contribution in [0.2, 0.25) is 0 Å². The highest BCUT2D eigenvalue weighted by Gasteiger charge is 2.28. The van der Waals surface area contributed by atoms with Gasteiger partial charge in [0, 0.05) is 31.9 Å². The molecule has 1 heterocycles. The molecule has 0 radical (unpaired) electrons. The van der Waals surface area contributed by atoms with Gasteiger partial charge in [-0.3, -0.25) is 9.69 Å². The Bertz CT molecular complexity index is 977. The zero-order chi connectivity index (χ0) is 22.4. The average Bonchev–Trinajstić information content (AvgIpc) is 2.74. The molecule has 1 N–H and O–H groups in total. The third-order valence-electron chi connectivity index (χ3n) is 5.34. The zero-order valence-corrected chi connectivity index (χ0v) is 19.1. The molecule has 2 atom stereocenters. The van der Waals surface area contributed by atoms with Gasteiger partial charge in [0.15, 0.2) is 0 Å². The van der Waals surface area contributed by atoms with E-state index in [0.29, 0.717) is 31.9 Å². The van der Waals surface area contributed by atoms with Crippen LogP contribution in [-0.2, 0) is 19.6 Å². The molecule has 1 saturated heterocycles. The molecule has 3 rings (SSSR count). The third-order valence-corrected chi connectivity index (χ3v) is 7.38. The number of morpholine rings is 1. The van der Waals surface area contributed by atoms with Crippen molar-refractivity contribution in [2.24, 2.45) is 0 Å². The lowest BCUT2D eigenvalue weighted by Crippen LogP contribution is -2.46. The number of hydrogen-bond acceptors (Lipinski definition) is 5. The first-order valence-electron chi connectivity index (χ1n) is 10.7. The van der Waals surface area contributed by atoms with Crippen molar-refractivity contribution in [1.82, 2.24) is 9.21 Å². The van der Waals surface area contributed by atoms with Crippen molar-refractivity contribution in [2.75, 3.05) is 38.0 Å². The van der Waals surface area contributed by atoms with E-state index >= 15 is 0 Å². The summed E-state index contributed by atoms with van der Waals surface area (Å²) in [7, 11) is -3.58. The predicted octanol–water partition coefficient (Wildman–Crippen LogP) is 3.12. The van der Waals surface area contributed by atoms with E-state index in [4.69, 9.17) is 4.74 Å². The third kappa shape index (κ3) is 5.92. The number of carbonyl (C=O) groups excluding carboxylic acids is 1. The molecule has 2 unspecified atom stereocenters. The second-order valence-electron chi connectivity index (χ2n) is 7.71. The summed E-state index contributed by atoms with van der Waals surface area (Å²) >= 11 is 0. The lowest BCUT2D eigenvalue weighted by molar-refractivity contribution is -0.122. The van der Waals surface area contributed by atoms with E-state index in [-0.39, 0.29) is 29.6 Å². The molecular weight excluding hydrogens is 414 g/mol. The van der Waals surface area contributed by atoms with Gasteiger partial charge in [0.05, 0.1) is 23.6 Å². The molecule has 2 aromatic carbocycles.